The minimum Gasteiger partial charge on any atom is -0.455 e. The predicted molar refractivity (Wildman–Crippen MR) is 98.5 cm³/mol. The first-order chi connectivity index (χ1) is 13.2. The average molecular weight is 413 g/mol. The van der Waals surface area contributed by atoms with E-state index in [0.29, 0.717) is 12.2 Å². The topological polar surface area (TPSA) is 72.5 Å². The van der Waals surface area contributed by atoms with E-state index in [1.54, 1.807) is 26.0 Å². The van der Waals surface area contributed by atoms with E-state index in [1.165, 1.54) is 0 Å². The smallest absolute Gasteiger partial charge is 0.329 e. The third-order valence-electron chi connectivity index (χ3n) is 4.98. The molecule has 1 aromatic carbocycles. The van der Waals surface area contributed by atoms with Gasteiger partial charge in [-0.2, -0.15) is 0 Å². The van der Waals surface area contributed by atoms with Gasteiger partial charge in [-0.15, -0.1) is 11.6 Å². The molecule has 0 aliphatic carbocycles. The Bertz CT molecular complexity index is 723. The molecule has 6 atom stereocenters. The number of hydrogen-bond donors (Lipinski definition) is 0. The number of halogens is 1. The molecular formula is C20H25ClO7. The highest BCUT2D eigenvalue weighted by atomic mass is 35.5. The van der Waals surface area contributed by atoms with Crippen molar-refractivity contribution >= 4 is 17.6 Å². The monoisotopic (exact) mass is 412 g/mol. The molecule has 3 saturated heterocycles. The van der Waals surface area contributed by atoms with E-state index in [-0.39, 0.29) is 0 Å². The normalized spacial score (nSPS) is 36.8. The van der Waals surface area contributed by atoms with Crippen molar-refractivity contribution in [2.75, 3.05) is 6.61 Å². The number of carbonyl (C=O) groups excluding carboxylic acids is 1. The van der Waals surface area contributed by atoms with Crippen LogP contribution in [0.4, 0.5) is 0 Å². The minimum atomic E-state index is -0.937. The van der Waals surface area contributed by atoms with E-state index in [0.717, 1.165) is 0 Å². The van der Waals surface area contributed by atoms with Crippen molar-refractivity contribution in [1.29, 1.82) is 0 Å². The van der Waals surface area contributed by atoms with Gasteiger partial charge in [0.05, 0.1) is 6.61 Å². The van der Waals surface area contributed by atoms with Crippen LogP contribution in [0.25, 0.3) is 0 Å². The summed E-state index contributed by atoms with van der Waals surface area (Å²) in [6.07, 6.45) is -2.96. The average Bonchev–Trinajstić information content (AvgIpc) is 3.25. The van der Waals surface area contributed by atoms with Gasteiger partial charge in [-0.25, -0.2) is 0 Å². The molecule has 154 valence electrons. The van der Waals surface area contributed by atoms with Gasteiger partial charge in [-0.1, -0.05) is 30.3 Å². The number of esters is 1. The van der Waals surface area contributed by atoms with Crippen LogP contribution in [0.2, 0.25) is 0 Å². The molecule has 8 heteroatoms. The third kappa shape index (κ3) is 3.92. The van der Waals surface area contributed by atoms with Crippen molar-refractivity contribution in [2.24, 2.45) is 0 Å². The van der Waals surface area contributed by atoms with E-state index in [2.05, 4.69) is 0 Å². The van der Waals surface area contributed by atoms with Crippen molar-refractivity contribution in [2.45, 2.75) is 75.4 Å². The van der Waals surface area contributed by atoms with Crippen LogP contribution in [0, 0.1) is 0 Å². The lowest BCUT2D eigenvalue weighted by molar-refractivity contribution is -0.235. The van der Waals surface area contributed by atoms with Gasteiger partial charge in [0, 0.05) is 0 Å². The van der Waals surface area contributed by atoms with Crippen LogP contribution in [0.15, 0.2) is 30.3 Å². The van der Waals surface area contributed by atoms with Crippen molar-refractivity contribution in [3.05, 3.63) is 35.9 Å². The lowest BCUT2D eigenvalue weighted by Crippen LogP contribution is -2.45. The molecule has 0 spiro atoms. The zero-order valence-electron chi connectivity index (χ0n) is 16.3. The Morgan fingerprint density at radius 1 is 1.07 bits per heavy atom. The van der Waals surface area contributed by atoms with E-state index in [1.807, 2.05) is 32.0 Å². The van der Waals surface area contributed by atoms with Crippen LogP contribution in [0.5, 0.6) is 0 Å². The first-order valence-corrected chi connectivity index (χ1v) is 9.81. The standard InChI is InChI=1S/C20H25ClO7/c1-19(2)23-10-12(26-19)14-15(16-18(25-14)28-20(3,4)27-16)24-17(22)13(21)11-8-6-5-7-9-11/h5-9,12-16,18H,10H2,1-4H3/t12-,13+,14-,15+,16-,18-/m1/s1. The summed E-state index contributed by atoms with van der Waals surface area (Å²) in [5, 5.41) is -0.937. The Hall–Kier alpha value is -1.22. The van der Waals surface area contributed by atoms with E-state index in [4.69, 9.17) is 40.0 Å². The van der Waals surface area contributed by atoms with Crippen molar-refractivity contribution in [1.82, 2.24) is 0 Å². The lowest BCUT2D eigenvalue weighted by atomic mass is 10.1. The molecule has 3 aliphatic heterocycles. The number of benzene rings is 1. The second kappa shape index (κ2) is 7.23. The minimum absolute atomic E-state index is 0.317. The molecule has 3 heterocycles. The highest BCUT2D eigenvalue weighted by molar-refractivity contribution is 6.29. The molecule has 0 bridgehead atoms. The lowest BCUT2D eigenvalue weighted by Gasteiger charge is -2.29. The number of carbonyl (C=O) groups is 1. The molecule has 3 fully saturated rings. The quantitative estimate of drug-likeness (QED) is 0.556. The Labute approximate surface area is 169 Å². The van der Waals surface area contributed by atoms with Gasteiger partial charge in [0.25, 0.3) is 0 Å². The summed E-state index contributed by atoms with van der Waals surface area (Å²) >= 11 is 6.34. The Morgan fingerprint density at radius 2 is 1.79 bits per heavy atom. The van der Waals surface area contributed by atoms with Gasteiger partial charge in [-0.3, -0.25) is 4.79 Å². The second-order valence-electron chi connectivity index (χ2n) is 8.11. The fraction of sp³-hybridized carbons (Fsp3) is 0.650. The number of fused-ring (bicyclic) bond motifs is 1. The molecule has 4 rings (SSSR count). The first kappa shape index (κ1) is 20.1. The number of rotatable bonds is 4. The third-order valence-corrected chi connectivity index (χ3v) is 5.41. The highest BCUT2D eigenvalue weighted by Crippen LogP contribution is 2.42. The molecule has 0 unspecified atom stereocenters. The van der Waals surface area contributed by atoms with Gasteiger partial charge in [0.15, 0.2) is 35.4 Å². The zero-order chi connectivity index (χ0) is 20.1. The van der Waals surface area contributed by atoms with Crippen LogP contribution in [-0.2, 0) is 33.2 Å². The molecule has 28 heavy (non-hydrogen) atoms. The summed E-state index contributed by atoms with van der Waals surface area (Å²) in [5.41, 5.74) is 0.659. The first-order valence-electron chi connectivity index (χ1n) is 9.38. The van der Waals surface area contributed by atoms with Gasteiger partial charge in [0.2, 0.25) is 0 Å². The summed E-state index contributed by atoms with van der Waals surface area (Å²) in [6, 6.07) is 9.04. The molecule has 0 radical (unpaired) electrons. The molecule has 0 amide bonds. The predicted octanol–water partition coefficient (Wildman–Crippen LogP) is 2.91. The maximum atomic E-state index is 12.8. The van der Waals surface area contributed by atoms with Crippen LogP contribution in [0.1, 0.15) is 38.6 Å². The Kier molecular flexibility index (Phi) is 5.18. The van der Waals surface area contributed by atoms with Crippen molar-refractivity contribution in [3.63, 3.8) is 0 Å². The maximum absolute atomic E-state index is 12.8. The maximum Gasteiger partial charge on any atom is 0.329 e. The summed E-state index contributed by atoms with van der Waals surface area (Å²) < 4.78 is 35.1. The van der Waals surface area contributed by atoms with E-state index < -0.39 is 53.6 Å². The Balaban J connectivity index is 1.52. The number of alkyl halides is 1. The molecule has 0 N–H and O–H groups in total. The molecule has 7 nitrogen and oxygen atoms in total. The second-order valence-corrected chi connectivity index (χ2v) is 8.55. The van der Waals surface area contributed by atoms with Gasteiger partial charge < -0.3 is 28.4 Å². The van der Waals surface area contributed by atoms with E-state index >= 15 is 0 Å². The molecule has 1 aromatic rings. The van der Waals surface area contributed by atoms with Crippen molar-refractivity contribution in [3.8, 4) is 0 Å². The van der Waals surface area contributed by atoms with Gasteiger partial charge in [-0.05, 0) is 33.3 Å². The van der Waals surface area contributed by atoms with Crippen LogP contribution in [0.3, 0.4) is 0 Å². The van der Waals surface area contributed by atoms with Crippen LogP contribution < -0.4 is 0 Å². The largest absolute Gasteiger partial charge is 0.455 e. The SMILES string of the molecule is CC1(C)O[C@H]2O[C@H]([C@H]3COC(C)(C)O3)[C@H](OC(=O)[C@@H](Cl)c3ccccc3)[C@H]2O1. The summed E-state index contributed by atoms with van der Waals surface area (Å²) in [6.45, 7) is 7.54. The number of ether oxygens (including phenoxy) is 6. The molecule has 0 aromatic heterocycles. The number of hydrogen-bond acceptors (Lipinski definition) is 7. The molecule has 3 aliphatic rings. The van der Waals surface area contributed by atoms with Crippen LogP contribution in [-0.4, -0.2) is 54.9 Å². The highest BCUT2D eigenvalue weighted by Gasteiger charge is 2.60. The summed E-state index contributed by atoms with van der Waals surface area (Å²) in [7, 11) is 0. The summed E-state index contributed by atoms with van der Waals surface area (Å²) in [5.74, 6) is -2.14. The fourth-order valence-corrected chi connectivity index (χ4v) is 3.96. The van der Waals surface area contributed by atoms with Gasteiger partial charge >= 0.3 is 5.97 Å². The van der Waals surface area contributed by atoms with E-state index in [9.17, 15) is 4.79 Å². The van der Waals surface area contributed by atoms with Crippen LogP contribution >= 0.6 is 11.6 Å². The zero-order valence-corrected chi connectivity index (χ0v) is 17.0. The molecule has 0 saturated carbocycles. The Morgan fingerprint density at radius 3 is 2.43 bits per heavy atom. The van der Waals surface area contributed by atoms with Crippen molar-refractivity contribution < 1.29 is 33.2 Å². The molecular weight excluding hydrogens is 388 g/mol. The van der Waals surface area contributed by atoms with Gasteiger partial charge in [0.1, 0.15) is 12.2 Å². The fourth-order valence-electron chi connectivity index (χ4n) is 3.77. The summed E-state index contributed by atoms with van der Waals surface area (Å²) in [4.78, 5) is 12.8.